The van der Waals surface area contributed by atoms with Crippen LogP contribution < -0.4 is 5.73 Å². The van der Waals surface area contributed by atoms with Gasteiger partial charge in [-0.25, -0.2) is 4.39 Å². The van der Waals surface area contributed by atoms with Crippen LogP contribution in [0.1, 0.15) is 17.3 Å². The van der Waals surface area contributed by atoms with E-state index >= 15 is 0 Å². The molecule has 1 atom stereocenters. The minimum absolute atomic E-state index is 0.0763. The topological polar surface area (TPSA) is 66.6 Å². The Bertz CT molecular complexity index is 479. The molecule has 4 nitrogen and oxygen atoms in total. The first-order chi connectivity index (χ1) is 8.32. The number of aromatic hydroxyl groups is 1. The van der Waals surface area contributed by atoms with Crippen molar-refractivity contribution in [3.05, 3.63) is 29.6 Å². The second kappa shape index (κ2) is 5.77. The molecule has 18 heavy (non-hydrogen) atoms. The predicted molar refractivity (Wildman–Crippen MR) is 71.0 cm³/mol. The number of phenols is 1. The van der Waals surface area contributed by atoms with Gasteiger partial charge in [0.05, 0.1) is 10.6 Å². The molecule has 3 N–H and O–H groups in total. The molecular weight excluding hydrogens is 255 g/mol. The molecule has 1 amide bonds. The lowest BCUT2D eigenvalue weighted by molar-refractivity contribution is 0.0783. The highest BCUT2D eigenvalue weighted by Crippen LogP contribution is 2.19. The Morgan fingerprint density at radius 2 is 2.22 bits per heavy atom. The summed E-state index contributed by atoms with van der Waals surface area (Å²) in [6.07, 6.45) is 0. The van der Waals surface area contributed by atoms with Gasteiger partial charge < -0.3 is 15.7 Å². The van der Waals surface area contributed by atoms with Gasteiger partial charge in [-0.2, -0.15) is 0 Å². The lowest BCUT2D eigenvalue weighted by Crippen LogP contribution is -2.35. The quantitative estimate of drug-likeness (QED) is 0.814. The Balaban J connectivity index is 2.86. The zero-order chi connectivity index (χ0) is 13.9. The summed E-state index contributed by atoms with van der Waals surface area (Å²) in [5.41, 5.74) is 5.38. The maximum Gasteiger partial charge on any atom is 0.257 e. The summed E-state index contributed by atoms with van der Waals surface area (Å²) >= 11 is 4.82. The minimum Gasteiger partial charge on any atom is -0.507 e. The third kappa shape index (κ3) is 3.40. The van der Waals surface area contributed by atoms with E-state index in [0.717, 1.165) is 18.2 Å². The molecular formula is C12H15FN2O2S. The van der Waals surface area contributed by atoms with Gasteiger partial charge in [0.1, 0.15) is 11.6 Å². The van der Waals surface area contributed by atoms with Gasteiger partial charge in [0, 0.05) is 19.5 Å². The fourth-order valence-corrected chi connectivity index (χ4v) is 1.54. The van der Waals surface area contributed by atoms with Crippen LogP contribution in [0.2, 0.25) is 0 Å². The first-order valence-corrected chi connectivity index (χ1v) is 5.77. The number of carbonyl (C=O) groups is 1. The van der Waals surface area contributed by atoms with E-state index in [0.29, 0.717) is 11.5 Å². The van der Waals surface area contributed by atoms with Gasteiger partial charge in [0.2, 0.25) is 0 Å². The van der Waals surface area contributed by atoms with Crippen LogP contribution in [-0.2, 0) is 0 Å². The van der Waals surface area contributed by atoms with Crippen molar-refractivity contribution in [1.82, 2.24) is 4.90 Å². The smallest absolute Gasteiger partial charge is 0.257 e. The molecule has 0 saturated heterocycles. The fraction of sp³-hybridized carbons (Fsp3) is 0.333. The van der Waals surface area contributed by atoms with Crippen molar-refractivity contribution in [3.8, 4) is 5.75 Å². The van der Waals surface area contributed by atoms with Crippen molar-refractivity contribution in [1.29, 1.82) is 0 Å². The van der Waals surface area contributed by atoms with Crippen LogP contribution in [0, 0.1) is 11.7 Å². The molecule has 1 unspecified atom stereocenters. The molecule has 98 valence electrons. The number of amides is 1. The molecule has 1 rings (SSSR count). The SMILES string of the molecule is CC(CN(C)C(=O)c1cc(F)ccc1O)C(N)=S. The van der Waals surface area contributed by atoms with Gasteiger partial charge in [-0.1, -0.05) is 19.1 Å². The van der Waals surface area contributed by atoms with Crippen LogP contribution >= 0.6 is 12.2 Å². The van der Waals surface area contributed by atoms with E-state index in [1.807, 2.05) is 0 Å². The number of carbonyl (C=O) groups excluding carboxylic acids is 1. The van der Waals surface area contributed by atoms with E-state index in [9.17, 15) is 14.3 Å². The zero-order valence-electron chi connectivity index (χ0n) is 10.2. The lowest BCUT2D eigenvalue weighted by Gasteiger charge is -2.21. The van der Waals surface area contributed by atoms with E-state index in [4.69, 9.17) is 18.0 Å². The summed E-state index contributed by atoms with van der Waals surface area (Å²) in [6, 6.07) is 3.23. The molecule has 0 aliphatic heterocycles. The molecule has 0 aliphatic carbocycles. The number of thiocarbonyl (C=S) groups is 1. The maximum atomic E-state index is 13.0. The molecule has 6 heteroatoms. The van der Waals surface area contributed by atoms with E-state index in [1.54, 1.807) is 14.0 Å². The number of nitrogens with zero attached hydrogens (tertiary/aromatic N) is 1. The first kappa shape index (κ1) is 14.4. The van der Waals surface area contributed by atoms with E-state index in [-0.39, 0.29) is 17.2 Å². The Hall–Kier alpha value is -1.69. The summed E-state index contributed by atoms with van der Waals surface area (Å²) in [6.45, 7) is 2.10. The van der Waals surface area contributed by atoms with Crippen molar-refractivity contribution in [2.75, 3.05) is 13.6 Å². The van der Waals surface area contributed by atoms with Crippen molar-refractivity contribution in [3.63, 3.8) is 0 Å². The Morgan fingerprint density at radius 1 is 1.61 bits per heavy atom. The van der Waals surface area contributed by atoms with Gasteiger partial charge in [0.15, 0.2) is 0 Å². The number of halogens is 1. The maximum absolute atomic E-state index is 13.0. The molecule has 0 fully saturated rings. The number of hydrogen-bond acceptors (Lipinski definition) is 3. The highest BCUT2D eigenvalue weighted by atomic mass is 32.1. The van der Waals surface area contributed by atoms with E-state index in [1.165, 1.54) is 4.90 Å². The van der Waals surface area contributed by atoms with Gasteiger partial charge in [-0.3, -0.25) is 4.79 Å². The van der Waals surface area contributed by atoms with Gasteiger partial charge in [0.25, 0.3) is 5.91 Å². The molecule has 0 heterocycles. The third-order valence-electron chi connectivity index (χ3n) is 2.57. The van der Waals surface area contributed by atoms with Crippen LogP contribution in [0.25, 0.3) is 0 Å². The second-order valence-corrected chi connectivity index (χ2v) is 4.62. The van der Waals surface area contributed by atoms with Crippen molar-refractivity contribution >= 4 is 23.1 Å². The minimum atomic E-state index is -0.577. The second-order valence-electron chi connectivity index (χ2n) is 4.15. The fourth-order valence-electron chi connectivity index (χ4n) is 1.47. The number of phenolic OH excluding ortho intramolecular Hbond substituents is 1. The molecule has 0 aliphatic rings. The third-order valence-corrected chi connectivity index (χ3v) is 2.97. The van der Waals surface area contributed by atoms with Crippen molar-refractivity contribution in [2.24, 2.45) is 11.7 Å². The first-order valence-electron chi connectivity index (χ1n) is 5.36. The summed E-state index contributed by atoms with van der Waals surface area (Å²) < 4.78 is 13.0. The van der Waals surface area contributed by atoms with E-state index in [2.05, 4.69) is 0 Å². The Kier molecular flexibility index (Phi) is 4.61. The number of hydrogen-bond donors (Lipinski definition) is 2. The average Bonchev–Trinajstić information content (AvgIpc) is 2.31. The standard InChI is InChI=1S/C12H15FN2O2S/c1-7(11(14)18)6-15(2)12(17)9-5-8(13)3-4-10(9)16/h3-5,7,16H,6H2,1-2H3,(H2,14,18). The highest BCUT2D eigenvalue weighted by molar-refractivity contribution is 7.80. The van der Waals surface area contributed by atoms with Crippen LogP contribution in [0.4, 0.5) is 4.39 Å². The Morgan fingerprint density at radius 3 is 2.78 bits per heavy atom. The molecule has 0 aromatic heterocycles. The summed E-state index contributed by atoms with van der Waals surface area (Å²) in [4.78, 5) is 13.6. The lowest BCUT2D eigenvalue weighted by atomic mass is 10.1. The van der Waals surface area contributed by atoms with Crippen LogP contribution in [0.5, 0.6) is 5.75 Å². The molecule has 0 spiro atoms. The number of rotatable bonds is 4. The molecule has 1 aromatic carbocycles. The van der Waals surface area contributed by atoms with Crippen LogP contribution in [-0.4, -0.2) is 34.5 Å². The van der Waals surface area contributed by atoms with E-state index < -0.39 is 11.7 Å². The molecule has 0 bridgehead atoms. The van der Waals surface area contributed by atoms with Crippen LogP contribution in [0.3, 0.4) is 0 Å². The summed E-state index contributed by atoms with van der Waals surface area (Å²) in [5.74, 6) is -1.46. The zero-order valence-corrected chi connectivity index (χ0v) is 11.0. The van der Waals surface area contributed by atoms with Gasteiger partial charge >= 0.3 is 0 Å². The molecule has 0 radical (unpaired) electrons. The average molecular weight is 270 g/mol. The number of nitrogens with two attached hydrogens (primary N) is 1. The largest absolute Gasteiger partial charge is 0.507 e. The van der Waals surface area contributed by atoms with Gasteiger partial charge in [-0.05, 0) is 18.2 Å². The number of benzene rings is 1. The highest BCUT2D eigenvalue weighted by Gasteiger charge is 2.19. The van der Waals surface area contributed by atoms with Crippen LogP contribution in [0.15, 0.2) is 18.2 Å². The normalized spacial score (nSPS) is 11.9. The molecule has 1 aromatic rings. The monoisotopic (exact) mass is 270 g/mol. The summed E-state index contributed by atoms with van der Waals surface area (Å²) in [7, 11) is 1.54. The summed E-state index contributed by atoms with van der Waals surface area (Å²) in [5, 5.41) is 9.53. The Labute approximate surface area is 110 Å². The van der Waals surface area contributed by atoms with Gasteiger partial charge in [-0.15, -0.1) is 0 Å². The predicted octanol–water partition coefficient (Wildman–Crippen LogP) is 1.53. The molecule has 0 saturated carbocycles. The van der Waals surface area contributed by atoms with Crippen molar-refractivity contribution in [2.45, 2.75) is 6.92 Å². The van der Waals surface area contributed by atoms with Crippen molar-refractivity contribution < 1.29 is 14.3 Å².